The summed E-state index contributed by atoms with van der Waals surface area (Å²) in [6, 6.07) is 3.13. The summed E-state index contributed by atoms with van der Waals surface area (Å²) >= 11 is 0. The number of benzene rings is 1. The van der Waals surface area contributed by atoms with E-state index in [1.165, 1.54) is 0 Å². The number of alkyl halides is 4. The van der Waals surface area contributed by atoms with Crippen molar-refractivity contribution in [1.82, 2.24) is 5.43 Å². The number of carbonyl (C=O) groups is 1. The van der Waals surface area contributed by atoms with Crippen molar-refractivity contribution in [2.24, 2.45) is 5.10 Å². The summed E-state index contributed by atoms with van der Waals surface area (Å²) in [4.78, 5) is 11.4. The van der Waals surface area contributed by atoms with Crippen molar-refractivity contribution >= 4 is 12.3 Å². The number of rotatable bonds is 6. The molecule has 1 amide bonds. The van der Waals surface area contributed by atoms with Gasteiger partial charge in [0.05, 0.1) is 6.21 Å². The Morgan fingerprint density at radius 2 is 1.79 bits per heavy atom. The molecule has 0 saturated heterocycles. The lowest BCUT2D eigenvalue weighted by atomic mass is 10.2. The summed E-state index contributed by atoms with van der Waals surface area (Å²) in [5.74, 6) is -0.809. The number of hydrogen-bond acceptors (Lipinski definition) is 5. The number of amides is 1. The van der Waals surface area contributed by atoms with E-state index in [4.69, 9.17) is 4.74 Å². The highest BCUT2D eigenvalue weighted by Gasteiger charge is 2.16. The van der Waals surface area contributed by atoms with E-state index in [0.29, 0.717) is 0 Å². The molecule has 1 aromatic rings. The molecule has 0 aliphatic rings. The molecular formula is C14H16F4N2O4. The van der Waals surface area contributed by atoms with Crippen LogP contribution in [-0.2, 0) is 4.74 Å². The first kappa shape index (κ1) is 19.5. The minimum absolute atomic E-state index is 0.00738. The van der Waals surface area contributed by atoms with Gasteiger partial charge in [0.1, 0.15) is 17.1 Å². The van der Waals surface area contributed by atoms with E-state index in [-0.39, 0.29) is 11.3 Å². The zero-order chi connectivity index (χ0) is 18.3. The molecule has 10 heteroatoms. The third-order valence-electron chi connectivity index (χ3n) is 2.18. The highest BCUT2D eigenvalue weighted by atomic mass is 19.3. The third kappa shape index (κ3) is 7.65. The van der Waals surface area contributed by atoms with Gasteiger partial charge in [0.2, 0.25) is 0 Å². The molecule has 24 heavy (non-hydrogen) atoms. The molecule has 1 N–H and O–H groups in total. The first-order chi connectivity index (χ1) is 11.1. The lowest BCUT2D eigenvalue weighted by Gasteiger charge is -2.18. The van der Waals surface area contributed by atoms with Crippen molar-refractivity contribution in [1.29, 1.82) is 0 Å². The van der Waals surface area contributed by atoms with Crippen LogP contribution < -0.4 is 14.9 Å². The van der Waals surface area contributed by atoms with Crippen LogP contribution >= 0.6 is 0 Å². The van der Waals surface area contributed by atoms with Crippen LogP contribution in [0.25, 0.3) is 0 Å². The van der Waals surface area contributed by atoms with Gasteiger partial charge in [0.25, 0.3) is 0 Å². The van der Waals surface area contributed by atoms with Crippen LogP contribution in [0.15, 0.2) is 23.3 Å². The van der Waals surface area contributed by atoms with Crippen molar-refractivity contribution in [3.8, 4) is 11.5 Å². The maximum absolute atomic E-state index is 12.4. The summed E-state index contributed by atoms with van der Waals surface area (Å²) in [6.07, 6.45) is 0.140. The molecule has 0 bridgehead atoms. The van der Waals surface area contributed by atoms with Gasteiger partial charge in [-0.15, -0.1) is 0 Å². The predicted octanol–water partition coefficient (Wildman–Crippen LogP) is 3.75. The van der Waals surface area contributed by atoms with Gasteiger partial charge in [-0.25, -0.2) is 10.2 Å². The molecule has 0 aliphatic heterocycles. The van der Waals surface area contributed by atoms with Crippen molar-refractivity contribution in [2.45, 2.75) is 39.6 Å². The van der Waals surface area contributed by atoms with Crippen LogP contribution in [0.1, 0.15) is 26.3 Å². The number of halogens is 4. The zero-order valence-electron chi connectivity index (χ0n) is 13.1. The second-order valence-corrected chi connectivity index (χ2v) is 5.33. The lowest BCUT2D eigenvalue weighted by molar-refractivity contribution is -0.0543. The second-order valence-electron chi connectivity index (χ2n) is 5.33. The lowest BCUT2D eigenvalue weighted by Crippen LogP contribution is -2.29. The molecule has 0 aromatic heterocycles. The molecule has 134 valence electrons. The maximum atomic E-state index is 12.4. The molecule has 0 radical (unpaired) electrons. The molecule has 1 aromatic carbocycles. The highest BCUT2D eigenvalue weighted by molar-refractivity contribution is 5.84. The summed E-state index contributed by atoms with van der Waals surface area (Å²) in [6.45, 7) is -1.36. The molecule has 0 aliphatic carbocycles. The molecule has 0 atom stereocenters. The SMILES string of the molecule is CC(C)(C)OC(=O)N/N=C\c1ccc(OC(F)F)cc1OC(F)F. The number of nitrogens with one attached hydrogen (secondary N) is 1. The van der Waals surface area contributed by atoms with Gasteiger partial charge in [-0.1, -0.05) is 0 Å². The van der Waals surface area contributed by atoms with Crippen molar-refractivity contribution < 1.29 is 36.6 Å². The van der Waals surface area contributed by atoms with Gasteiger partial charge in [-0.2, -0.15) is 22.7 Å². The van der Waals surface area contributed by atoms with Crippen LogP contribution in [0.3, 0.4) is 0 Å². The van der Waals surface area contributed by atoms with Gasteiger partial charge < -0.3 is 14.2 Å². The van der Waals surface area contributed by atoms with Crippen molar-refractivity contribution in [2.75, 3.05) is 0 Å². The van der Waals surface area contributed by atoms with Gasteiger partial charge in [0.15, 0.2) is 0 Å². The normalized spacial score (nSPS) is 11.9. The smallest absolute Gasteiger partial charge is 0.428 e. The summed E-state index contributed by atoms with van der Waals surface area (Å²) in [7, 11) is 0. The first-order valence-corrected chi connectivity index (χ1v) is 6.62. The van der Waals surface area contributed by atoms with E-state index >= 15 is 0 Å². The van der Waals surface area contributed by atoms with Crippen LogP contribution in [0.4, 0.5) is 22.4 Å². The highest BCUT2D eigenvalue weighted by Crippen LogP contribution is 2.26. The molecule has 0 heterocycles. The van der Waals surface area contributed by atoms with E-state index in [1.807, 2.05) is 5.43 Å². The number of hydrazone groups is 1. The van der Waals surface area contributed by atoms with E-state index in [1.54, 1.807) is 20.8 Å². The van der Waals surface area contributed by atoms with E-state index in [2.05, 4.69) is 14.6 Å². The van der Waals surface area contributed by atoms with E-state index in [0.717, 1.165) is 24.4 Å². The summed E-state index contributed by atoms with van der Waals surface area (Å²) < 4.78 is 62.3. The van der Waals surface area contributed by atoms with Gasteiger partial charge in [-0.3, -0.25) is 0 Å². The fourth-order valence-corrected chi connectivity index (χ4v) is 1.45. The Morgan fingerprint density at radius 3 is 2.33 bits per heavy atom. The average Bonchev–Trinajstić information content (AvgIpc) is 2.37. The Balaban J connectivity index is 2.85. The topological polar surface area (TPSA) is 69.2 Å². The Labute approximate surface area is 135 Å². The number of nitrogens with zero attached hydrogens (tertiary/aromatic N) is 1. The van der Waals surface area contributed by atoms with Crippen LogP contribution in [0.5, 0.6) is 11.5 Å². The Morgan fingerprint density at radius 1 is 1.17 bits per heavy atom. The number of carbonyl (C=O) groups excluding carboxylic acids is 1. The first-order valence-electron chi connectivity index (χ1n) is 6.62. The standard InChI is InChI=1S/C14H16F4N2O4/c1-14(2,3)24-13(21)20-19-7-8-4-5-9(22-11(15)16)6-10(8)23-12(17)18/h4-7,11-12H,1-3H3,(H,20,21)/b19-7-. The molecule has 1 rings (SSSR count). The summed E-state index contributed by atoms with van der Waals surface area (Å²) in [5.41, 5.74) is 1.30. The molecule has 0 fully saturated rings. The zero-order valence-corrected chi connectivity index (χ0v) is 13.1. The summed E-state index contributed by atoms with van der Waals surface area (Å²) in [5, 5.41) is 3.52. The molecular weight excluding hydrogens is 336 g/mol. The molecule has 0 spiro atoms. The molecule has 0 unspecified atom stereocenters. The Kier molecular flexibility index (Phi) is 6.81. The number of ether oxygens (including phenoxy) is 3. The minimum atomic E-state index is -3.18. The predicted molar refractivity (Wildman–Crippen MR) is 76.7 cm³/mol. The van der Waals surface area contributed by atoms with Crippen LogP contribution in [-0.4, -0.2) is 31.1 Å². The van der Waals surface area contributed by atoms with Crippen LogP contribution in [0, 0.1) is 0 Å². The largest absolute Gasteiger partial charge is 0.443 e. The van der Waals surface area contributed by atoms with E-state index < -0.39 is 30.7 Å². The van der Waals surface area contributed by atoms with Crippen LogP contribution in [0.2, 0.25) is 0 Å². The fraction of sp³-hybridized carbons (Fsp3) is 0.429. The van der Waals surface area contributed by atoms with Crippen molar-refractivity contribution in [3.05, 3.63) is 23.8 Å². The Hall–Kier alpha value is -2.52. The fourth-order valence-electron chi connectivity index (χ4n) is 1.45. The maximum Gasteiger partial charge on any atom is 0.428 e. The van der Waals surface area contributed by atoms with Gasteiger partial charge >= 0.3 is 19.3 Å². The Bertz CT molecular complexity index is 589. The van der Waals surface area contributed by atoms with E-state index in [9.17, 15) is 22.4 Å². The second kappa shape index (κ2) is 8.37. The molecule has 0 saturated carbocycles. The monoisotopic (exact) mass is 352 g/mol. The van der Waals surface area contributed by atoms with Crippen molar-refractivity contribution in [3.63, 3.8) is 0 Å². The minimum Gasteiger partial charge on any atom is -0.443 e. The van der Waals surface area contributed by atoms with Gasteiger partial charge in [0, 0.05) is 11.6 Å². The quantitative estimate of drug-likeness (QED) is 0.481. The third-order valence-corrected chi connectivity index (χ3v) is 2.18. The average molecular weight is 352 g/mol. The molecule has 6 nitrogen and oxygen atoms in total. The van der Waals surface area contributed by atoms with Gasteiger partial charge in [-0.05, 0) is 32.9 Å². The number of hydrogen-bond donors (Lipinski definition) is 1.